The van der Waals surface area contributed by atoms with E-state index in [1.807, 2.05) is 0 Å². The van der Waals surface area contributed by atoms with Gasteiger partial charge in [0.1, 0.15) is 0 Å². The average molecular weight is 347 g/mol. The molecule has 0 amide bonds. The van der Waals surface area contributed by atoms with Gasteiger partial charge in [0, 0.05) is 33.2 Å². The Kier molecular flexibility index (Phi) is 8.77. The van der Waals surface area contributed by atoms with E-state index >= 15 is 0 Å². The molecule has 0 aromatic heterocycles. The van der Waals surface area contributed by atoms with E-state index in [2.05, 4.69) is 66.3 Å². The van der Waals surface area contributed by atoms with Crippen molar-refractivity contribution < 1.29 is 4.74 Å². The molecule has 0 spiro atoms. The number of rotatable bonds is 8. The summed E-state index contributed by atoms with van der Waals surface area (Å²) in [7, 11) is 2.13. The quantitative estimate of drug-likeness (QED) is 0.580. The highest BCUT2D eigenvalue weighted by molar-refractivity contribution is 5.79. The Morgan fingerprint density at radius 1 is 1.24 bits per heavy atom. The maximum atomic E-state index is 5.53. The van der Waals surface area contributed by atoms with E-state index in [0.717, 1.165) is 51.9 Å². The molecule has 0 saturated carbocycles. The number of nitrogens with one attached hydrogen (secondary N) is 1. The minimum atomic E-state index is 0.304. The molecule has 1 aliphatic rings. The lowest BCUT2D eigenvalue weighted by atomic mass is 10.0. The molecule has 1 fully saturated rings. The second-order valence-corrected chi connectivity index (χ2v) is 6.54. The van der Waals surface area contributed by atoms with Crippen molar-refractivity contribution in [3.63, 3.8) is 0 Å². The summed E-state index contributed by atoms with van der Waals surface area (Å²) >= 11 is 0. The minimum Gasteiger partial charge on any atom is -0.379 e. The van der Waals surface area contributed by atoms with Crippen LogP contribution in [0.25, 0.3) is 0 Å². The van der Waals surface area contributed by atoms with E-state index < -0.39 is 0 Å². The van der Waals surface area contributed by atoms with Gasteiger partial charge < -0.3 is 15.0 Å². The van der Waals surface area contributed by atoms with E-state index in [9.17, 15) is 0 Å². The van der Waals surface area contributed by atoms with Gasteiger partial charge in [0.2, 0.25) is 0 Å². The molecule has 1 saturated heterocycles. The summed E-state index contributed by atoms with van der Waals surface area (Å²) in [5, 5.41) is 3.43. The van der Waals surface area contributed by atoms with Gasteiger partial charge in [-0.05, 0) is 18.9 Å². The maximum absolute atomic E-state index is 5.53. The van der Waals surface area contributed by atoms with Crippen LogP contribution in [0.4, 0.5) is 0 Å². The van der Waals surface area contributed by atoms with Crippen molar-refractivity contribution in [1.82, 2.24) is 15.1 Å². The van der Waals surface area contributed by atoms with Crippen molar-refractivity contribution in [2.45, 2.75) is 32.7 Å². The minimum absolute atomic E-state index is 0.304. The van der Waals surface area contributed by atoms with E-state index in [-0.39, 0.29) is 0 Å². The summed E-state index contributed by atoms with van der Waals surface area (Å²) in [6, 6.07) is 11.0. The normalized spacial score (nSPS) is 17.3. The summed E-state index contributed by atoms with van der Waals surface area (Å²) in [5.41, 5.74) is 1.33. The lowest BCUT2D eigenvalue weighted by Crippen LogP contribution is -2.42. The Bertz CT molecular complexity index is 500. The van der Waals surface area contributed by atoms with Crippen molar-refractivity contribution in [3.8, 4) is 0 Å². The number of benzene rings is 1. The number of morpholine rings is 1. The molecule has 0 aliphatic carbocycles. The van der Waals surface area contributed by atoms with Crippen molar-refractivity contribution in [2.24, 2.45) is 4.99 Å². The average Bonchev–Trinajstić information content (AvgIpc) is 2.67. The first-order chi connectivity index (χ1) is 12.3. The molecule has 1 unspecified atom stereocenters. The summed E-state index contributed by atoms with van der Waals surface area (Å²) in [6.07, 6.45) is 2.39. The van der Waals surface area contributed by atoms with Crippen LogP contribution < -0.4 is 5.32 Å². The van der Waals surface area contributed by atoms with Crippen LogP contribution in [0.2, 0.25) is 0 Å². The zero-order valence-corrected chi connectivity index (χ0v) is 16.1. The molecular formula is C20H34N4O. The molecule has 1 aliphatic heterocycles. The lowest BCUT2D eigenvalue weighted by molar-refractivity contribution is 0.0179. The van der Waals surface area contributed by atoms with Crippen LogP contribution in [0.3, 0.4) is 0 Å². The molecule has 1 aromatic carbocycles. The third-order valence-electron chi connectivity index (χ3n) is 4.63. The number of unbranched alkanes of at least 4 members (excludes halogenated alkanes) is 1. The fourth-order valence-electron chi connectivity index (χ4n) is 3.14. The number of aliphatic imine (C=N–C) groups is 1. The smallest absolute Gasteiger partial charge is 0.193 e. The fraction of sp³-hybridized carbons (Fsp3) is 0.650. The van der Waals surface area contributed by atoms with Crippen LogP contribution in [0.1, 0.15) is 38.3 Å². The Balaban J connectivity index is 2.12. The highest BCUT2D eigenvalue weighted by Gasteiger charge is 2.22. The first-order valence-electron chi connectivity index (χ1n) is 9.62. The first kappa shape index (κ1) is 19.7. The lowest BCUT2D eigenvalue weighted by Gasteiger charge is -2.34. The van der Waals surface area contributed by atoms with Crippen LogP contribution in [0.5, 0.6) is 0 Å². The third-order valence-corrected chi connectivity index (χ3v) is 4.63. The van der Waals surface area contributed by atoms with Gasteiger partial charge >= 0.3 is 0 Å². The topological polar surface area (TPSA) is 40.1 Å². The van der Waals surface area contributed by atoms with Crippen LogP contribution in [-0.4, -0.2) is 68.7 Å². The van der Waals surface area contributed by atoms with Gasteiger partial charge in [-0.25, -0.2) is 0 Å². The van der Waals surface area contributed by atoms with Gasteiger partial charge in [0.15, 0.2) is 5.96 Å². The van der Waals surface area contributed by atoms with E-state index in [1.54, 1.807) is 0 Å². The standard InChI is InChI=1S/C20H34N4O/c1-4-6-12-23(3)20(21-5-2)22-17-19(18-10-8-7-9-11-18)24-13-15-25-16-14-24/h7-11,19H,4-6,12-17H2,1-3H3,(H,21,22). The predicted octanol–water partition coefficient (Wildman–Crippen LogP) is 2.76. The predicted molar refractivity (Wildman–Crippen MR) is 105 cm³/mol. The molecule has 25 heavy (non-hydrogen) atoms. The van der Waals surface area contributed by atoms with Crippen molar-refractivity contribution in [1.29, 1.82) is 0 Å². The van der Waals surface area contributed by atoms with Gasteiger partial charge in [-0.3, -0.25) is 9.89 Å². The molecule has 1 aromatic rings. The zero-order valence-electron chi connectivity index (χ0n) is 16.1. The molecule has 140 valence electrons. The molecule has 5 nitrogen and oxygen atoms in total. The number of nitrogens with zero attached hydrogens (tertiary/aromatic N) is 3. The van der Waals surface area contributed by atoms with Gasteiger partial charge in [-0.1, -0.05) is 43.7 Å². The van der Waals surface area contributed by atoms with E-state index in [0.29, 0.717) is 6.04 Å². The van der Waals surface area contributed by atoms with Crippen LogP contribution in [-0.2, 0) is 4.74 Å². The molecule has 1 atom stereocenters. The summed E-state index contributed by atoms with van der Waals surface area (Å²) < 4.78 is 5.53. The Hall–Kier alpha value is -1.59. The zero-order chi connectivity index (χ0) is 17.9. The molecule has 0 radical (unpaired) electrons. The Morgan fingerprint density at radius 3 is 2.60 bits per heavy atom. The first-order valence-corrected chi connectivity index (χ1v) is 9.62. The van der Waals surface area contributed by atoms with Gasteiger partial charge in [-0.15, -0.1) is 0 Å². The van der Waals surface area contributed by atoms with Crippen LogP contribution >= 0.6 is 0 Å². The van der Waals surface area contributed by atoms with Crippen molar-refractivity contribution in [3.05, 3.63) is 35.9 Å². The SMILES string of the molecule is CCCCN(C)C(=NCC(c1ccccc1)N1CCOCC1)NCC. The largest absolute Gasteiger partial charge is 0.379 e. The molecular weight excluding hydrogens is 312 g/mol. The maximum Gasteiger partial charge on any atom is 0.193 e. The fourth-order valence-corrected chi connectivity index (χ4v) is 3.14. The van der Waals surface area contributed by atoms with Gasteiger partial charge in [0.05, 0.1) is 25.8 Å². The highest BCUT2D eigenvalue weighted by atomic mass is 16.5. The third kappa shape index (κ3) is 6.33. The Morgan fingerprint density at radius 2 is 1.96 bits per heavy atom. The number of hydrogen-bond donors (Lipinski definition) is 1. The summed E-state index contributed by atoms with van der Waals surface area (Å²) in [4.78, 5) is 9.71. The van der Waals surface area contributed by atoms with Crippen molar-refractivity contribution in [2.75, 3.05) is 53.0 Å². The Labute approximate surface area is 153 Å². The molecule has 2 rings (SSSR count). The van der Waals surface area contributed by atoms with E-state index in [4.69, 9.17) is 9.73 Å². The molecule has 5 heteroatoms. The number of guanidine groups is 1. The molecule has 1 heterocycles. The summed E-state index contributed by atoms with van der Waals surface area (Å²) in [5.74, 6) is 1.00. The molecule has 1 N–H and O–H groups in total. The van der Waals surface area contributed by atoms with E-state index in [1.165, 1.54) is 18.4 Å². The molecule has 0 bridgehead atoms. The monoisotopic (exact) mass is 346 g/mol. The van der Waals surface area contributed by atoms with Crippen LogP contribution in [0, 0.1) is 0 Å². The van der Waals surface area contributed by atoms with Gasteiger partial charge in [0.25, 0.3) is 0 Å². The number of ether oxygens (including phenoxy) is 1. The second kappa shape index (κ2) is 11.1. The van der Waals surface area contributed by atoms with Crippen molar-refractivity contribution >= 4 is 5.96 Å². The summed E-state index contributed by atoms with van der Waals surface area (Å²) in [6.45, 7) is 10.6. The highest BCUT2D eigenvalue weighted by Crippen LogP contribution is 2.22. The second-order valence-electron chi connectivity index (χ2n) is 6.54. The number of hydrogen-bond acceptors (Lipinski definition) is 3. The van der Waals surface area contributed by atoms with Gasteiger partial charge in [-0.2, -0.15) is 0 Å². The van der Waals surface area contributed by atoms with Crippen LogP contribution in [0.15, 0.2) is 35.3 Å².